The molecule has 1 atom stereocenters. The Morgan fingerprint density at radius 1 is 1.58 bits per heavy atom. The zero-order valence-corrected chi connectivity index (χ0v) is 8.01. The first-order chi connectivity index (χ1) is 5.70. The van der Waals surface area contributed by atoms with Gasteiger partial charge in [-0.1, -0.05) is 6.92 Å². The summed E-state index contributed by atoms with van der Waals surface area (Å²) in [5.41, 5.74) is 5.35. The molecule has 2 N–H and O–H groups in total. The van der Waals surface area contributed by atoms with Gasteiger partial charge in [-0.15, -0.1) is 0 Å². The van der Waals surface area contributed by atoms with Gasteiger partial charge >= 0.3 is 5.97 Å². The van der Waals surface area contributed by atoms with E-state index in [4.69, 9.17) is 10.5 Å². The average Bonchev–Trinajstić information content (AvgIpc) is 2.01. The van der Waals surface area contributed by atoms with Crippen molar-refractivity contribution in [1.82, 2.24) is 0 Å². The topological polar surface area (TPSA) is 52.3 Å². The molecule has 0 aliphatic rings. The summed E-state index contributed by atoms with van der Waals surface area (Å²) in [6, 6.07) is 0. The molecular weight excluding hydrogens is 154 g/mol. The summed E-state index contributed by atoms with van der Waals surface area (Å²) in [5, 5.41) is 0. The lowest BCUT2D eigenvalue weighted by Gasteiger charge is -2.08. The van der Waals surface area contributed by atoms with Crippen LogP contribution in [0.2, 0.25) is 0 Å². The molecule has 0 saturated heterocycles. The van der Waals surface area contributed by atoms with Crippen molar-refractivity contribution in [3.63, 3.8) is 0 Å². The summed E-state index contributed by atoms with van der Waals surface area (Å²) < 4.78 is 4.82. The molecule has 0 rings (SSSR count). The zero-order chi connectivity index (χ0) is 9.40. The maximum atomic E-state index is 11.0. The summed E-state index contributed by atoms with van der Waals surface area (Å²) in [6.45, 7) is 5.05. The number of rotatable bonds is 6. The maximum Gasteiger partial charge on any atom is 0.306 e. The molecule has 3 heteroatoms. The van der Waals surface area contributed by atoms with E-state index in [0.29, 0.717) is 25.5 Å². The second-order valence-corrected chi connectivity index (χ2v) is 3.05. The van der Waals surface area contributed by atoms with Crippen LogP contribution < -0.4 is 5.73 Å². The minimum Gasteiger partial charge on any atom is -0.466 e. The van der Waals surface area contributed by atoms with Crippen molar-refractivity contribution in [2.24, 2.45) is 11.7 Å². The van der Waals surface area contributed by atoms with Crippen LogP contribution in [0.3, 0.4) is 0 Å². The van der Waals surface area contributed by atoms with Gasteiger partial charge in [0.25, 0.3) is 0 Å². The lowest BCUT2D eigenvalue weighted by atomic mass is 10.0. The quantitative estimate of drug-likeness (QED) is 0.616. The fourth-order valence-electron chi connectivity index (χ4n) is 1.07. The van der Waals surface area contributed by atoms with E-state index in [0.717, 1.165) is 12.8 Å². The van der Waals surface area contributed by atoms with E-state index in [1.807, 2.05) is 13.8 Å². The van der Waals surface area contributed by atoms with Gasteiger partial charge in [0.2, 0.25) is 0 Å². The first-order valence-electron chi connectivity index (χ1n) is 4.56. The van der Waals surface area contributed by atoms with Gasteiger partial charge in [0.05, 0.1) is 6.61 Å². The number of carbonyl (C=O) groups excluding carboxylic acids is 1. The smallest absolute Gasteiger partial charge is 0.306 e. The second-order valence-electron chi connectivity index (χ2n) is 3.05. The molecule has 3 nitrogen and oxygen atoms in total. The van der Waals surface area contributed by atoms with Crippen LogP contribution in [0.15, 0.2) is 0 Å². The normalized spacial score (nSPS) is 12.6. The molecule has 0 fully saturated rings. The first-order valence-corrected chi connectivity index (χ1v) is 4.56. The van der Waals surface area contributed by atoms with Crippen LogP contribution in [0.4, 0.5) is 0 Å². The number of carbonyl (C=O) groups is 1. The molecular formula is C9H19NO2. The molecule has 0 bridgehead atoms. The minimum absolute atomic E-state index is 0.0954. The predicted octanol–water partition coefficient (Wildman–Crippen LogP) is 1.31. The zero-order valence-electron chi connectivity index (χ0n) is 8.01. The standard InChI is InChI=1S/C9H19NO2/c1-3-12-9(11)7-8(2)5-4-6-10/h8H,3-7,10H2,1-2H3. The first kappa shape index (κ1) is 11.4. The third-order valence-corrected chi connectivity index (χ3v) is 1.72. The molecule has 0 aliphatic heterocycles. The van der Waals surface area contributed by atoms with Gasteiger partial charge in [-0.05, 0) is 32.2 Å². The van der Waals surface area contributed by atoms with E-state index in [1.54, 1.807) is 0 Å². The summed E-state index contributed by atoms with van der Waals surface area (Å²) in [4.78, 5) is 11.0. The van der Waals surface area contributed by atoms with Gasteiger partial charge in [-0.2, -0.15) is 0 Å². The van der Waals surface area contributed by atoms with Gasteiger partial charge in [0.15, 0.2) is 0 Å². The van der Waals surface area contributed by atoms with Crippen LogP contribution in [0.1, 0.15) is 33.1 Å². The Labute approximate surface area is 74.3 Å². The summed E-state index contributed by atoms with van der Waals surface area (Å²) >= 11 is 0. The number of ether oxygens (including phenoxy) is 1. The van der Waals surface area contributed by atoms with Crippen molar-refractivity contribution in [2.75, 3.05) is 13.2 Å². The molecule has 0 aliphatic carbocycles. The highest BCUT2D eigenvalue weighted by atomic mass is 16.5. The van der Waals surface area contributed by atoms with Crippen LogP contribution in [-0.4, -0.2) is 19.1 Å². The molecule has 0 aromatic carbocycles. The Morgan fingerprint density at radius 2 is 2.25 bits per heavy atom. The molecule has 0 amide bonds. The van der Waals surface area contributed by atoms with Gasteiger partial charge in [-0.3, -0.25) is 4.79 Å². The third kappa shape index (κ3) is 6.16. The molecule has 1 unspecified atom stereocenters. The van der Waals surface area contributed by atoms with Gasteiger partial charge < -0.3 is 10.5 Å². The summed E-state index contributed by atoms with van der Waals surface area (Å²) in [6.07, 6.45) is 2.52. The van der Waals surface area contributed by atoms with E-state index in [2.05, 4.69) is 0 Å². The van der Waals surface area contributed by atoms with E-state index in [9.17, 15) is 4.79 Å². The summed E-state index contributed by atoms with van der Waals surface area (Å²) in [5.74, 6) is 0.301. The van der Waals surface area contributed by atoms with Crippen LogP contribution in [0, 0.1) is 5.92 Å². The lowest BCUT2D eigenvalue weighted by Crippen LogP contribution is -2.10. The van der Waals surface area contributed by atoms with Crippen molar-refractivity contribution in [3.05, 3.63) is 0 Å². The van der Waals surface area contributed by atoms with Crippen LogP contribution in [0.25, 0.3) is 0 Å². The van der Waals surface area contributed by atoms with Crippen LogP contribution in [0.5, 0.6) is 0 Å². The second kappa shape index (κ2) is 7.10. The van der Waals surface area contributed by atoms with E-state index >= 15 is 0 Å². The van der Waals surface area contributed by atoms with E-state index in [1.165, 1.54) is 0 Å². The lowest BCUT2D eigenvalue weighted by molar-refractivity contribution is -0.144. The fourth-order valence-corrected chi connectivity index (χ4v) is 1.07. The van der Waals surface area contributed by atoms with Gasteiger partial charge in [-0.25, -0.2) is 0 Å². The maximum absolute atomic E-state index is 11.0. The third-order valence-electron chi connectivity index (χ3n) is 1.72. The van der Waals surface area contributed by atoms with Crippen LogP contribution in [-0.2, 0) is 9.53 Å². The Balaban J connectivity index is 3.40. The molecule has 0 heterocycles. The molecule has 0 aromatic heterocycles. The van der Waals surface area contributed by atoms with Crippen molar-refractivity contribution in [2.45, 2.75) is 33.1 Å². The van der Waals surface area contributed by atoms with Crippen molar-refractivity contribution in [3.8, 4) is 0 Å². The average molecular weight is 173 g/mol. The highest BCUT2D eigenvalue weighted by molar-refractivity contribution is 5.69. The Morgan fingerprint density at radius 3 is 2.75 bits per heavy atom. The van der Waals surface area contributed by atoms with Gasteiger partial charge in [0.1, 0.15) is 0 Å². The fraction of sp³-hybridized carbons (Fsp3) is 0.889. The highest BCUT2D eigenvalue weighted by Crippen LogP contribution is 2.10. The minimum atomic E-state index is -0.0954. The summed E-state index contributed by atoms with van der Waals surface area (Å²) in [7, 11) is 0. The van der Waals surface area contributed by atoms with Crippen molar-refractivity contribution in [1.29, 1.82) is 0 Å². The largest absolute Gasteiger partial charge is 0.466 e. The van der Waals surface area contributed by atoms with Crippen LogP contribution >= 0.6 is 0 Å². The molecule has 0 radical (unpaired) electrons. The highest BCUT2D eigenvalue weighted by Gasteiger charge is 2.08. The molecule has 0 aromatic rings. The number of esters is 1. The monoisotopic (exact) mass is 173 g/mol. The predicted molar refractivity (Wildman–Crippen MR) is 48.7 cm³/mol. The number of hydrogen-bond donors (Lipinski definition) is 1. The molecule has 72 valence electrons. The molecule has 0 saturated carbocycles. The van der Waals surface area contributed by atoms with Gasteiger partial charge in [0, 0.05) is 6.42 Å². The van der Waals surface area contributed by atoms with Crippen molar-refractivity contribution >= 4 is 5.97 Å². The Hall–Kier alpha value is -0.570. The van der Waals surface area contributed by atoms with E-state index in [-0.39, 0.29) is 5.97 Å². The van der Waals surface area contributed by atoms with Crippen molar-refractivity contribution < 1.29 is 9.53 Å². The number of hydrogen-bond acceptors (Lipinski definition) is 3. The number of nitrogens with two attached hydrogens (primary N) is 1. The SMILES string of the molecule is CCOC(=O)CC(C)CCCN. The Bertz CT molecular complexity index is 126. The Kier molecular flexibility index (Phi) is 6.76. The van der Waals surface area contributed by atoms with E-state index < -0.39 is 0 Å². The molecule has 0 spiro atoms. The molecule has 12 heavy (non-hydrogen) atoms.